The summed E-state index contributed by atoms with van der Waals surface area (Å²) in [6.07, 6.45) is 2.79. The van der Waals surface area contributed by atoms with Crippen molar-refractivity contribution in [1.29, 1.82) is 0 Å². The number of nitrogens with zero attached hydrogens (tertiary/aromatic N) is 2. The molecule has 0 saturated carbocycles. The SMILES string of the molecule is CN(CCOc1ccc(Cl)cc1)C(=O)c1cccc(S(=O)(=O)N2CCCCC2)c1. The Bertz CT molecular complexity index is 941. The summed E-state index contributed by atoms with van der Waals surface area (Å²) in [5.41, 5.74) is 0.345. The van der Waals surface area contributed by atoms with Crippen LogP contribution in [0.25, 0.3) is 0 Å². The Labute approximate surface area is 177 Å². The Balaban J connectivity index is 1.62. The van der Waals surface area contributed by atoms with Gasteiger partial charge in [-0.3, -0.25) is 4.79 Å². The number of sulfonamides is 1. The highest BCUT2D eigenvalue weighted by Crippen LogP contribution is 2.22. The number of halogens is 1. The van der Waals surface area contributed by atoms with E-state index in [2.05, 4.69) is 0 Å². The fraction of sp³-hybridized carbons (Fsp3) is 0.381. The molecule has 1 fully saturated rings. The monoisotopic (exact) mass is 436 g/mol. The molecular weight excluding hydrogens is 412 g/mol. The number of carbonyl (C=O) groups excluding carboxylic acids is 1. The highest BCUT2D eigenvalue weighted by Gasteiger charge is 2.26. The lowest BCUT2D eigenvalue weighted by Gasteiger charge is -2.26. The first-order valence-corrected chi connectivity index (χ1v) is 11.4. The molecule has 0 radical (unpaired) electrons. The highest BCUT2D eigenvalue weighted by atomic mass is 35.5. The molecule has 0 unspecified atom stereocenters. The fourth-order valence-corrected chi connectivity index (χ4v) is 4.89. The summed E-state index contributed by atoms with van der Waals surface area (Å²) in [4.78, 5) is 14.4. The molecule has 2 aromatic rings. The maximum Gasteiger partial charge on any atom is 0.253 e. The van der Waals surface area contributed by atoms with Gasteiger partial charge in [0.05, 0.1) is 11.4 Å². The van der Waals surface area contributed by atoms with Gasteiger partial charge < -0.3 is 9.64 Å². The van der Waals surface area contributed by atoms with Gasteiger partial charge in [0.2, 0.25) is 10.0 Å². The van der Waals surface area contributed by atoms with Crippen molar-refractivity contribution in [3.63, 3.8) is 0 Å². The molecule has 0 atom stereocenters. The molecule has 1 saturated heterocycles. The molecule has 0 bridgehead atoms. The first kappa shape index (κ1) is 21.6. The van der Waals surface area contributed by atoms with Gasteiger partial charge in [-0.25, -0.2) is 8.42 Å². The number of piperidine rings is 1. The van der Waals surface area contributed by atoms with Gasteiger partial charge in [0.15, 0.2) is 0 Å². The van der Waals surface area contributed by atoms with E-state index < -0.39 is 10.0 Å². The Kier molecular flexibility index (Phi) is 7.16. The lowest BCUT2D eigenvalue weighted by atomic mass is 10.2. The molecule has 2 aromatic carbocycles. The molecule has 0 spiro atoms. The molecule has 8 heteroatoms. The predicted octanol–water partition coefficient (Wildman–Crippen LogP) is 3.67. The number of hydrogen-bond donors (Lipinski definition) is 0. The van der Waals surface area contributed by atoms with Crippen molar-refractivity contribution in [2.45, 2.75) is 24.2 Å². The zero-order valence-electron chi connectivity index (χ0n) is 16.4. The second-order valence-corrected chi connectivity index (χ2v) is 9.40. The zero-order valence-corrected chi connectivity index (χ0v) is 18.0. The normalized spacial score (nSPS) is 15.1. The predicted molar refractivity (Wildman–Crippen MR) is 113 cm³/mol. The molecule has 0 N–H and O–H groups in total. The third-order valence-corrected chi connectivity index (χ3v) is 7.04. The van der Waals surface area contributed by atoms with Crippen LogP contribution < -0.4 is 4.74 Å². The van der Waals surface area contributed by atoms with Crippen LogP contribution in [0.5, 0.6) is 5.75 Å². The van der Waals surface area contributed by atoms with Crippen LogP contribution in [0.4, 0.5) is 0 Å². The second-order valence-electron chi connectivity index (χ2n) is 7.02. The first-order valence-electron chi connectivity index (χ1n) is 9.62. The molecule has 0 aromatic heterocycles. The molecule has 1 aliphatic heterocycles. The van der Waals surface area contributed by atoms with Crippen LogP contribution >= 0.6 is 11.6 Å². The van der Waals surface area contributed by atoms with E-state index in [0.29, 0.717) is 42.6 Å². The minimum absolute atomic E-state index is 0.163. The quantitative estimate of drug-likeness (QED) is 0.664. The van der Waals surface area contributed by atoms with Crippen LogP contribution in [-0.2, 0) is 10.0 Å². The van der Waals surface area contributed by atoms with Crippen molar-refractivity contribution in [2.24, 2.45) is 0 Å². The van der Waals surface area contributed by atoms with Gasteiger partial charge >= 0.3 is 0 Å². The molecule has 1 amide bonds. The van der Waals surface area contributed by atoms with Gasteiger partial charge in [-0.2, -0.15) is 4.31 Å². The van der Waals surface area contributed by atoms with E-state index in [-0.39, 0.29) is 10.8 Å². The maximum atomic E-state index is 12.9. The van der Waals surface area contributed by atoms with Gasteiger partial charge in [0.25, 0.3) is 5.91 Å². The van der Waals surface area contributed by atoms with E-state index in [0.717, 1.165) is 19.3 Å². The number of hydrogen-bond acceptors (Lipinski definition) is 4. The van der Waals surface area contributed by atoms with Crippen molar-refractivity contribution in [3.8, 4) is 5.75 Å². The van der Waals surface area contributed by atoms with E-state index >= 15 is 0 Å². The number of ether oxygens (including phenoxy) is 1. The number of amides is 1. The number of carbonyl (C=O) groups is 1. The summed E-state index contributed by atoms with van der Waals surface area (Å²) >= 11 is 5.85. The topological polar surface area (TPSA) is 66.9 Å². The van der Waals surface area contributed by atoms with Crippen LogP contribution in [0, 0.1) is 0 Å². The van der Waals surface area contributed by atoms with Crippen LogP contribution in [0.3, 0.4) is 0 Å². The van der Waals surface area contributed by atoms with Gasteiger partial charge in [-0.1, -0.05) is 24.1 Å². The van der Waals surface area contributed by atoms with E-state index in [9.17, 15) is 13.2 Å². The van der Waals surface area contributed by atoms with E-state index in [4.69, 9.17) is 16.3 Å². The maximum absolute atomic E-state index is 12.9. The van der Waals surface area contributed by atoms with Crippen LogP contribution in [0.2, 0.25) is 5.02 Å². The van der Waals surface area contributed by atoms with Crippen LogP contribution in [-0.4, -0.2) is 56.8 Å². The lowest BCUT2D eigenvalue weighted by Crippen LogP contribution is -2.36. The molecule has 6 nitrogen and oxygen atoms in total. The van der Waals surface area contributed by atoms with Gasteiger partial charge in [0, 0.05) is 30.7 Å². The average molecular weight is 437 g/mol. The lowest BCUT2D eigenvalue weighted by molar-refractivity contribution is 0.0773. The van der Waals surface area contributed by atoms with Gasteiger partial charge in [0.1, 0.15) is 12.4 Å². The van der Waals surface area contributed by atoms with Crippen molar-refractivity contribution >= 4 is 27.5 Å². The Morgan fingerprint density at radius 3 is 2.48 bits per heavy atom. The minimum Gasteiger partial charge on any atom is -0.492 e. The first-order chi connectivity index (χ1) is 13.9. The summed E-state index contributed by atoms with van der Waals surface area (Å²) in [5, 5.41) is 0.629. The standard InChI is InChI=1S/C21H25ClN2O4S/c1-23(14-15-28-19-10-8-18(22)9-11-19)21(25)17-6-5-7-20(16-17)29(26,27)24-12-3-2-4-13-24/h5-11,16H,2-4,12-15H2,1H3. The Hall–Kier alpha value is -2.09. The molecule has 1 heterocycles. The summed E-state index contributed by atoms with van der Waals surface area (Å²) in [6.45, 7) is 1.74. The molecular formula is C21H25ClN2O4S. The summed E-state index contributed by atoms with van der Waals surface area (Å²) in [7, 11) is -1.91. The van der Waals surface area contributed by atoms with E-state index in [1.165, 1.54) is 15.3 Å². The summed E-state index contributed by atoms with van der Waals surface area (Å²) in [5.74, 6) is 0.422. The molecule has 29 heavy (non-hydrogen) atoms. The number of likely N-dealkylation sites (N-methyl/N-ethyl adjacent to an activating group) is 1. The van der Waals surface area contributed by atoms with Gasteiger partial charge in [-0.15, -0.1) is 0 Å². The average Bonchev–Trinajstić information content (AvgIpc) is 2.75. The minimum atomic E-state index is -3.57. The molecule has 156 valence electrons. The smallest absolute Gasteiger partial charge is 0.253 e. The fourth-order valence-electron chi connectivity index (χ4n) is 3.20. The molecule has 0 aliphatic carbocycles. The van der Waals surface area contributed by atoms with Crippen molar-refractivity contribution in [1.82, 2.24) is 9.21 Å². The number of benzene rings is 2. The Morgan fingerprint density at radius 1 is 1.10 bits per heavy atom. The largest absolute Gasteiger partial charge is 0.492 e. The summed E-state index contributed by atoms with van der Waals surface area (Å²) < 4.78 is 32.8. The van der Waals surface area contributed by atoms with Crippen LogP contribution in [0.15, 0.2) is 53.4 Å². The Morgan fingerprint density at radius 2 is 1.79 bits per heavy atom. The summed E-state index contributed by atoms with van der Waals surface area (Å²) in [6, 6.07) is 13.3. The molecule has 1 aliphatic rings. The highest BCUT2D eigenvalue weighted by molar-refractivity contribution is 7.89. The molecule has 3 rings (SSSR count). The van der Waals surface area contributed by atoms with Crippen LogP contribution in [0.1, 0.15) is 29.6 Å². The zero-order chi connectivity index (χ0) is 20.9. The van der Waals surface area contributed by atoms with Crippen molar-refractivity contribution in [2.75, 3.05) is 33.3 Å². The van der Waals surface area contributed by atoms with Crippen molar-refractivity contribution in [3.05, 3.63) is 59.1 Å². The van der Waals surface area contributed by atoms with E-state index in [1.54, 1.807) is 49.5 Å². The third-order valence-electron chi connectivity index (χ3n) is 4.89. The van der Waals surface area contributed by atoms with Gasteiger partial charge in [-0.05, 0) is 55.3 Å². The van der Waals surface area contributed by atoms with Crippen molar-refractivity contribution < 1.29 is 17.9 Å². The van der Waals surface area contributed by atoms with E-state index in [1.807, 2.05) is 0 Å². The number of rotatable bonds is 7. The second kappa shape index (κ2) is 9.61. The third kappa shape index (κ3) is 5.50.